The van der Waals surface area contributed by atoms with Crippen molar-refractivity contribution >= 4 is 17.3 Å². The average Bonchev–Trinajstić information content (AvgIpc) is 2.80. The van der Waals surface area contributed by atoms with E-state index in [-0.39, 0.29) is 6.04 Å². The van der Waals surface area contributed by atoms with E-state index in [0.29, 0.717) is 17.4 Å². The van der Waals surface area contributed by atoms with E-state index in [0.717, 1.165) is 17.2 Å². The molecule has 1 aromatic heterocycles. The van der Waals surface area contributed by atoms with Crippen LogP contribution in [0.1, 0.15) is 31.4 Å². The minimum atomic E-state index is 0.0858. The van der Waals surface area contributed by atoms with Crippen molar-refractivity contribution in [2.24, 2.45) is 0 Å². The number of rotatable bonds is 5. The van der Waals surface area contributed by atoms with Crippen LogP contribution in [0.3, 0.4) is 0 Å². The maximum Gasteiger partial charge on any atom is 0.138 e. The number of hydrogen-bond donors (Lipinski definition) is 1. The molecule has 4 heteroatoms. The van der Waals surface area contributed by atoms with Crippen LogP contribution in [0.2, 0.25) is 5.02 Å². The monoisotopic (exact) mass is 279 g/mol. The normalized spacial score (nSPS) is 12.2. The Bertz CT molecular complexity index is 551. The highest BCUT2D eigenvalue weighted by Gasteiger charge is 2.10. The lowest BCUT2D eigenvalue weighted by Gasteiger charge is -2.14. The number of halogens is 1. The van der Waals surface area contributed by atoms with Crippen molar-refractivity contribution in [1.29, 1.82) is 0 Å². The third kappa shape index (κ3) is 3.44. The standard InChI is InChI=1S/C15H18ClNO2/c1-4-18-15-8-6-12(9-13(15)16)17-11(3)14-7-5-10(2)19-14/h5-9,11,17H,4H2,1-3H3. The van der Waals surface area contributed by atoms with E-state index < -0.39 is 0 Å². The number of benzene rings is 1. The van der Waals surface area contributed by atoms with E-state index in [2.05, 4.69) is 5.32 Å². The molecule has 0 amide bonds. The maximum absolute atomic E-state index is 6.15. The molecule has 0 saturated heterocycles. The number of nitrogens with one attached hydrogen (secondary N) is 1. The topological polar surface area (TPSA) is 34.4 Å². The summed E-state index contributed by atoms with van der Waals surface area (Å²) in [5.74, 6) is 2.52. The van der Waals surface area contributed by atoms with Gasteiger partial charge in [-0.1, -0.05) is 11.6 Å². The molecule has 0 spiro atoms. The second-order valence-corrected chi connectivity index (χ2v) is 4.80. The molecule has 0 radical (unpaired) electrons. The molecule has 0 aliphatic carbocycles. The molecule has 2 aromatic rings. The minimum absolute atomic E-state index is 0.0858. The molecule has 1 atom stereocenters. The van der Waals surface area contributed by atoms with Gasteiger partial charge in [0.15, 0.2) is 0 Å². The van der Waals surface area contributed by atoms with Gasteiger partial charge < -0.3 is 14.5 Å². The van der Waals surface area contributed by atoms with E-state index >= 15 is 0 Å². The summed E-state index contributed by atoms with van der Waals surface area (Å²) < 4.78 is 11.0. The molecule has 1 heterocycles. The largest absolute Gasteiger partial charge is 0.492 e. The van der Waals surface area contributed by atoms with Crippen LogP contribution < -0.4 is 10.1 Å². The summed E-state index contributed by atoms with van der Waals surface area (Å²) in [7, 11) is 0. The van der Waals surface area contributed by atoms with Gasteiger partial charge >= 0.3 is 0 Å². The van der Waals surface area contributed by atoms with Crippen LogP contribution in [0.25, 0.3) is 0 Å². The molecule has 1 N–H and O–H groups in total. The molecule has 1 aromatic carbocycles. The van der Waals surface area contributed by atoms with Crippen molar-refractivity contribution in [1.82, 2.24) is 0 Å². The fourth-order valence-electron chi connectivity index (χ4n) is 1.87. The van der Waals surface area contributed by atoms with Crippen LogP contribution in [0.5, 0.6) is 5.75 Å². The molecule has 102 valence electrons. The second-order valence-electron chi connectivity index (χ2n) is 4.39. The lowest BCUT2D eigenvalue weighted by Crippen LogP contribution is -2.05. The molecule has 1 unspecified atom stereocenters. The van der Waals surface area contributed by atoms with Gasteiger partial charge in [-0.05, 0) is 51.1 Å². The Balaban J connectivity index is 2.09. The van der Waals surface area contributed by atoms with Crippen LogP contribution in [0.4, 0.5) is 5.69 Å². The van der Waals surface area contributed by atoms with Gasteiger partial charge in [-0.3, -0.25) is 0 Å². The number of furan rings is 1. The number of anilines is 1. The fourth-order valence-corrected chi connectivity index (χ4v) is 2.11. The van der Waals surface area contributed by atoms with Gasteiger partial charge in [-0.15, -0.1) is 0 Å². The summed E-state index contributed by atoms with van der Waals surface area (Å²) in [4.78, 5) is 0. The summed E-state index contributed by atoms with van der Waals surface area (Å²) in [6.07, 6.45) is 0. The van der Waals surface area contributed by atoms with Crippen molar-refractivity contribution < 1.29 is 9.15 Å². The van der Waals surface area contributed by atoms with Gasteiger partial charge in [-0.25, -0.2) is 0 Å². The summed E-state index contributed by atoms with van der Waals surface area (Å²) in [5.41, 5.74) is 0.940. The van der Waals surface area contributed by atoms with E-state index in [9.17, 15) is 0 Å². The Morgan fingerprint density at radius 1 is 1.32 bits per heavy atom. The van der Waals surface area contributed by atoms with Gasteiger partial charge in [0.25, 0.3) is 0 Å². The molecule has 2 rings (SSSR count). The maximum atomic E-state index is 6.15. The van der Waals surface area contributed by atoms with Crippen LogP contribution in [-0.4, -0.2) is 6.61 Å². The van der Waals surface area contributed by atoms with E-state index in [1.807, 2.05) is 51.1 Å². The molecule has 0 fully saturated rings. The predicted octanol–water partition coefficient (Wildman–Crippen LogP) is 4.81. The minimum Gasteiger partial charge on any atom is -0.492 e. The molecule has 3 nitrogen and oxygen atoms in total. The van der Waals surface area contributed by atoms with E-state index in [1.54, 1.807) is 0 Å². The highest BCUT2D eigenvalue weighted by molar-refractivity contribution is 6.32. The highest BCUT2D eigenvalue weighted by Crippen LogP contribution is 2.29. The predicted molar refractivity (Wildman–Crippen MR) is 78.1 cm³/mol. The summed E-state index contributed by atoms with van der Waals surface area (Å²) in [5, 5.41) is 3.95. The Labute approximate surface area is 118 Å². The Morgan fingerprint density at radius 2 is 2.11 bits per heavy atom. The van der Waals surface area contributed by atoms with Crippen LogP contribution in [0.15, 0.2) is 34.7 Å². The number of hydrogen-bond acceptors (Lipinski definition) is 3. The van der Waals surface area contributed by atoms with Crippen molar-refractivity contribution in [3.63, 3.8) is 0 Å². The first kappa shape index (κ1) is 13.8. The van der Waals surface area contributed by atoms with Gasteiger partial charge in [-0.2, -0.15) is 0 Å². The Kier molecular flexibility index (Phi) is 4.38. The zero-order chi connectivity index (χ0) is 13.8. The van der Waals surface area contributed by atoms with E-state index in [4.69, 9.17) is 20.8 Å². The van der Waals surface area contributed by atoms with Crippen molar-refractivity contribution in [3.05, 3.63) is 46.9 Å². The first-order valence-corrected chi connectivity index (χ1v) is 6.73. The molecule has 0 saturated carbocycles. The van der Waals surface area contributed by atoms with Crippen molar-refractivity contribution in [3.8, 4) is 5.75 Å². The van der Waals surface area contributed by atoms with Gasteiger partial charge in [0.1, 0.15) is 17.3 Å². The van der Waals surface area contributed by atoms with Crippen molar-refractivity contribution in [2.45, 2.75) is 26.8 Å². The lowest BCUT2D eigenvalue weighted by molar-refractivity contribution is 0.340. The zero-order valence-corrected chi connectivity index (χ0v) is 12.1. The highest BCUT2D eigenvalue weighted by atomic mass is 35.5. The molecule has 0 bridgehead atoms. The number of aryl methyl sites for hydroxylation is 1. The van der Waals surface area contributed by atoms with Gasteiger partial charge in [0, 0.05) is 5.69 Å². The van der Waals surface area contributed by atoms with Crippen LogP contribution in [-0.2, 0) is 0 Å². The third-order valence-electron chi connectivity index (χ3n) is 2.80. The molecule has 0 aliphatic heterocycles. The smallest absolute Gasteiger partial charge is 0.138 e. The van der Waals surface area contributed by atoms with Gasteiger partial charge in [0.05, 0.1) is 17.7 Å². The van der Waals surface area contributed by atoms with Crippen LogP contribution in [0, 0.1) is 6.92 Å². The molecule has 19 heavy (non-hydrogen) atoms. The second kappa shape index (κ2) is 6.02. The lowest BCUT2D eigenvalue weighted by atomic mass is 10.2. The molecular weight excluding hydrogens is 262 g/mol. The fraction of sp³-hybridized carbons (Fsp3) is 0.333. The SMILES string of the molecule is CCOc1ccc(NC(C)c2ccc(C)o2)cc1Cl. The summed E-state index contributed by atoms with van der Waals surface area (Å²) >= 11 is 6.15. The van der Waals surface area contributed by atoms with Crippen molar-refractivity contribution in [2.75, 3.05) is 11.9 Å². The number of ether oxygens (including phenoxy) is 1. The van der Waals surface area contributed by atoms with Gasteiger partial charge in [0.2, 0.25) is 0 Å². The quantitative estimate of drug-likeness (QED) is 0.852. The third-order valence-corrected chi connectivity index (χ3v) is 3.10. The molecule has 0 aliphatic rings. The zero-order valence-electron chi connectivity index (χ0n) is 11.4. The first-order chi connectivity index (χ1) is 9.10. The first-order valence-electron chi connectivity index (χ1n) is 6.35. The average molecular weight is 280 g/mol. The summed E-state index contributed by atoms with van der Waals surface area (Å²) in [6.45, 7) is 6.52. The Hall–Kier alpha value is -1.61. The van der Waals surface area contributed by atoms with Crippen LogP contribution >= 0.6 is 11.6 Å². The summed E-state index contributed by atoms with van der Waals surface area (Å²) in [6, 6.07) is 9.70. The Morgan fingerprint density at radius 3 is 2.68 bits per heavy atom. The molecular formula is C15H18ClNO2. The van der Waals surface area contributed by atoms with E-state index in [1.165, 1.54) is 0 Å².